The van der Waals surface area contributed by atoms with Gasteiger partial charge in [-0.25, -0.2) is 4.79 Å². The summed E-state index contributed by atoms with van der Waals surface area (Å²) in [5.74, 6) is 1.02. The van der Waals surface area contributed by atoms with E-state index in [4.69, 9.17) is 4.74 Å². The summed E-state index contributed by atoms with van der Waals surface area (Å²) in [5.41, 5.74) is 1.18. The molecule has 0 unspecified atom stereocenters. The van der Waals surface area contributed by atoms with Crippen molar-refractivity contribution >= 4 is 12.0 Å². The molecule has 32 heavy (non-hydrogen) atoms. The van der Waals surface area contributed by atoms with Crippen LogP contribution in [0.2, 0.25) is 0 Å². The molecule has 0 saturated heterocycles. The summed E-state index contributed by atoms with van der Waals surface area (Å²) in [5, 5.41) is 13.2. The number of hydrogen-bond acceptors (Lipinski definition) is 4. The Morgan fingerprint density at radius 3 is 2.47 bits per heavy atom. The first kappa shape index (κ1) is 24.4. The second kappa shape index (κ2) is 10.1. The van der Waals surface area contributed by atoms with Gasteiger partial charge in [0.25, 0.3) is 0 Å². The molecule has 1 aliphatic carbocycles. The Bertz CT molecular complexity index is 809. The van der Waals surface area contributed by atoms with E-state index >= 15 is 0 Å². The number of phenolic OH excluding ortho intramolecular Hbond substituents is 1. The summed E-state index contributed by atoms with van der Waals surface area (Å²) in [4.78, 5) is 28.0. The van der Waals surface area contributed by atoms with Crippen molar-refractivity contribution in [3.8, 4) is 5.75 Å². The molecule has 1 fully saturated rings. The summed E-state index contributed by atoms with van der Waals surface area (Å²) in [6.07, 6.45) is 7.26. The van der Waals surface area contributed by atoms with Crippen molar-refractivity contribution in [1.29, 1.82) is 0 Å². The number of benzene rings is 1. The Labute approximate surface area is 192 Å². The fourth-order valence-corrected chi connectivity index (χ4v) is 4.88. The van der Waals surface area contributed by atoms with E-state index in [0.29, 0.717) is 18.3 Å². The van der Waals surface area contributed by atoms with Crippen LogP contribution in [0.5, 0.6) is 5.75 Å². The van der Waals surface area contributed by atoms with Gasteiger partial charge in [0.15, 0.2) is 0 Å². The number of rotatable bonds is 5. The number of carbonyl (C=O) groups is 2. The maximum atomic E-state index is 13.5. The topological polar surface area (TPSA) is 78.9 Å². The minimum absolute atomic E-state index is 0.0901. The molecule has 2 amide bonds. The molecule has 178 valence electrons. The molecule has 6 heteroatoms. The van der Waals surface area contributed by atoms with Crippen LogP contribution in [-0.4, -0.2) is 39.7 Å². The largest absolute Gasteiger partial charge is 0.508 e. The maximum absolute atomic E-state index is 13.5. The molecule has 1 saturated carbocycles. The van der Waals surface area contributed by atoms with Crippen molar-refractivity contribution in [3.05, 3.63) is 29.3 Å². The predicted molar refractivity (Wildman–Crippen MR) is 125 cm³/mol. The average molecular weight is 445 g/mol. The first-order valence-corrected chi connectivity index (χ1v) is 12.1. The normalized spacial score (nSPS) is 20.6. The number of hydrogen-bond donors (Lipinski definition) is 2. The Morgan fingerprint density at radius 2 is 1.84 bits per heavy atom. The van der Waals surface area contributed by atoms with Crippen LogP contribution in [0.15, 0.2) is 18.2 Å². The Morgan fingerprint density at radius 1 is 1.16 bits per heavy atom. The van der Waals surface area contributed by atoms with Gasteiger partial charge in [-0.2, -0.15) is 0 Å². The minimum atomic E-state index is -0.654. The van der Waals surface area contributed by atoms with Gasteiger partial charge in [-0.1, -0.05) is 52.0 Å². The average Bonchev–Trinajstić information content (AvgIpc) is 2.71. The summed E-state index contributed by atoms with van der Waals surface area (Å²) in [7, 11) is 0. The van der Waals surface area contributed by atoms with Crippen molar-refractivity contribution in [2.45, 2.75) is 104 Å². The number of nitrogens with zero attached hydrogens (tertiary/aromatic N) is 1. The van der Waals surface area contributed by atoms with Gasteiger partial charge in [0.1, 0.15) is 17.4 Å². The predicted octanol–water partition coefficient (Wildman–Crippen LogP) is 5.17. The Kier molecular flexibility index (Phi) is 7.73. The van der Waals surface area contributed by atoms with Gasteiger partial charge in [0.2, 0.25) is 5.91 Å². The highest BCUT2D eigenvalue weighted by Gasteiger charge is 2.38. The van der Waals surface area contributed by atoms with E-state index in [2.05, 4.69) is 19.2 Å². The van der Waals surface area contributed by atoms with Crippen LogP contribution in [0, 0.1) is 11.8 Å². The SMILES string of the molecule is CC(C)[C@@H](CC1CCCCC1)NC(=O)[C@H]1Cc2ccc(O)cc2CN1C(=O)OC(C)(C)C. The molecular formula is C26H40N2O4. The molecule has 2 atom stereocenters. The van der Waals surface area contributed by atoms with E-state index in [1.165, 1.54) is 37.0 Å². The van der Waals surface area contributed by atoms with Gasteiger partial charge in [0, 0.05) is 12.5 Å². The fourth-order valence-electron chi connectivity index (χ4n) is 4.88. The third-order valence-electron chi connectivity index (χ3n) is 6.70. The van der Waals surface area contributed by atoms with Gasteiger partial charge in [0.05, 0.1) is 6.54 Å². The summed E-state index contributed by atoms with van der Waals surface area (Å²) >= 11 is 0. The van der Waals surface area contributed by atoms with Gasteiger partial charge in [-0.05, 0) is 62.3 Å². The monoisotopic (exact) mass is 444 g/mol. The number of ether oxygens (including phenoxy) is 1. The summed E-state index contributed by atoms with van der Waals surface area (Å²) < 4.78 is 5.62. The molecule has 3 rings (SSSR count). The number of nitrogens with one attached hydrogen (secondary N) is 1. The highest BCUT2D eigenvalue weighted by Crippen LogP contribution is 2.31. The molecule has 1 heterocycles. The molecule has 0 spiro atoms. The number of amides is 2. The van der Waals surface area contributed by atoms with E-state index < -0.39 is 17.7 Å². The lowest BCUT2D eigenvalue weighted by Gasteiger charge is -2.38. The van der Waals surface area contributed by atoms with Gasteiger partial charge in [-0.3, -0.25) is 9.69 Å². The molecule has 1 aromatic carbocycles. The molecule has 1 aromatic rings. The zero-order chi connectivity index (χ0) is 23.5. The van der Waals surface area contributed by atoms with Crippen LogP contribution in [-0.2, 0) is 22.5 Å². The van der Waals surface area contributed by atoms with Gasteiger partial charge >= 0.3 is 6.09 Å². The Hall–Kier alpha value is -2.24. The standard InChI is InChI=1S/C26H40N2O4/c1-17(2)22(13-18-9-7-6-8-10-18)27-24(30)23-15-19-11-12-21(29)14-20(19)16-28(23)25(31)32-26(3,4)5/h11-12,14,17-18,22-23,29H,6-10,13,15-16H2,1-5H3,(H,27,30)/t22-,23-/m1/s1. The highest BCUT2D eigenvalue weighted by atomic mass is 16.6. The van der Waals surface area contributed by atoms with E-state index in [0.717, 1.165) is 17.5 Å². The quantitative estimate of drug-likeness (QED) is 0.657. The number of fused-ring (bicyclic) bond motifs is 1. The fraction of sp³-hybridized carbons (Fsp3) is 0.692. The molecule has 1 aliphatic heterocycles. The highest BCUT2D eigenvalue weighted by molar-refractivity contribution is 5.87. The first-order valence-electron chi connectivity index (χ1n) is 12.1. The van der Waals surface area contributed by atoms with E-state index in [1.54, 1.807) is 12.1 Å². The molecular weight excluding hydrogens is 404 g/mol. The number of aromatic hydroxyl groups is 1. The van der Waals surface area contributed by atoms with Crippen molar-refractivity contribution in [2.24, 2.45) is 11.8 Å². The van der Waals surface area contributed by atoms with Crippen LogP contribution in [0.25, 0.3) is 0 Å². The second-order valence-corrected chi connectivity index (χ2v) is 10.9. The third-order valence-corrected chi connectivity index (χ3v) is 6.70. The minimum Gasteiger partial charge on any atom is -0.508 e. The van der Waals surface area contributed by atoms with Crippen molar-refractivity contribution in [3.63, 3.8) is 0 Å². The smallest absolute Gasteiger partial charge is 0.411 e. The molecule has 0 aromatic heterocycles. The molecule has 2 aliphatic rings. The summed E-state index contributed by atoms with van der Waals surface area (Å²) in [6, 6.07) is 4.61. The number of phenols is 1. The van der Waals surface area contributed by atoms with Crippen LogP contribution in [0.4, 0.5) is 4.79 Å². The van der Waals surface area contributed by atoms with E-state index in [9.17, 15) is 14.7 Å². The second-order valence-electron chi connectivity index (χ2n) is 10.9. The van der Waals surface area contributed by atoms with Gasteiger partial charge < -0.3 is 15.2 Å². The Balaban J connectivity index is 1.79. The van der Waals surface area contributed by atoms with Crippen molar-refractivity contribution in [1.82, 2.24) is 10.2 Å². The lowest BCUT2D eigenvalue weighted by Crippen LogP contribution is -2.56. The molecule has 0 bridgehead atoms. The molecule has 6 nitrogen and oxygen atoms in total. The third kappa shape index (κ3) is 6.39. The zero-order valence-electron chi connectivity index (χ0n) is 20.3. The molecule has 0 radical (unpaired) electrons. The van der Waals surface area contributed by atoms with Crippen LogP contribution >= 0.6 is 0 Å². The van der Waals surface area contributed by atoms with E-state index in [-0.39, 0.29) is 24.2 Å². The maximum Gasteiger partial charge on any atom is 0.411 e. The van der Waals surface area contributed by atoms with Crippen LogP contribution in [0.3, 0.4) is 0 Å². The van der Waals surface area contributed by atoms with Crippen molar-refractivity contribution in [2.75, 3.05) is 0 Å². The first-order chi connectivity index (χ1) is 15.0. The lowest BCUT2D eigenvalue weighted by molar-refractivity contribution is -0.128. The summed E-state index contributed by atoms with van der Waals surface area (Å²) in [6.45, 7) is 10.0. The number of carbonyl (C=O) groups excluding carboxylic acids is 2. The van der Waals surface area contributed by atoms with Crippen molar-refractivity contribution < 1.29 is 19.4 Å². The van der Waals surface area contributed by atoms with Gasteiger partial charge in [-0.15, -0.1) is 0 Å². The lowest BCUT2D eigenvalue weighted by atomic mass is 9.82. The molecule has 2 N–H and O–H groups in total. The van der Waals surface area contributed by atoms with Crippen LogP contribution in [0.1, 0.15) is 84.3 Å². The van der Waals surface area contributed by atoms with E-state index in [1.807, 2.05) is 26.8 Å². The van der Waals surface area contributed by atoms with Crippen LogP contribution < -0.4 is 5.32 Å². The zero-order valence-corrected chi connectivity index (χ0v) is 20.3.